The fourth-order valence-corrected chi connectivity index (χ4v) is 3.56. The molecular formula is C24H27N5O7. The van der Waals surface area contributed by atoms with Crippen LogP contribution in [0.5, 0.6) is 0 Å². The van der Waals surface area contributed by atoms with Crippen molar-refractivity contribution in [2.24, 2.45) is 4.99 Å². The van der Waals surface area contributed by atoms with Gasteiger partial charge >= 0.3 is 12.1 Å². The molecule has 2 aromatic rings. The summed E-state index contributed by atoms with van der Waals surface area (Å²) < 4.78 is 5.27. The fourth-order valence-electron chi connectivity index (χ4n) is 3.56. The molecule has 0 bridgehead atoms. The van der Waals surface area contributed by atoms with E-state index in [0.29, 0.717) is 11.3 Å². The van der Waals surface area contributed by atoms with Crippen LogP contribution in [0.25, 0.3) is 0 Å². The van der Waals surface area contributed by atoms with Gasteiger partial charge in [0.2, 0.25) is 11.9 Å². The summed E-state index contributed by atoms with van der Waals surface area (Å²) in [5, 5.41) is 26.1. The van der Waals surface area contributed by atoms with Crippen LogP contribution in [0, 0.1) is 10.1 Å². The van der Waals surface area contributed by atoms with Crippen molar-refractivity contribution < 1.29 is 29.2 Å². The van der Waals surface area contributed by atoms with Crippen LogP contribution in [0.1, 0.15) is 50.0 Å². The van der Waals surface area contributed by atoms with Gasteiger partial charge in [0.1, 0.15) is 11.3 Å². The van der Waals surface area contributed by atoms with Gasteiger partial charge < -0.3 is 15.2 Å². The van der Waals surface area contributed by atoms with Crippen molar-refractivity contribution in [1.82, 2.24) is 10.2 Å². The second-order valence-corrected chi connectivity index (χ2v) is 9.47. The van der Waals surface area contributed by atoms with Gasteiger partial charge in [0.25, 0.3) is 5.69 Å². The predicted molar refractivity (Wildman–Crippen MR) is 131 cm³/mol. The Hall–Kier alpha value is -4.48. The second kappa shape index (κ2) is 9.64. The van der Waals surface area contributed by atoms with Crippen LogP contribution < -0.4 is 10.6 Å². The highest BCUT2D eigenvalue weighted by Crippen LogP contribution is 2.36. The summed E-state index contributed by atoms with van der Waals surface area (Å²) in [4.78, 5) is 52.9. The molecule has 1 heterocycles. The first-order valence-electron chi connectivity index (χ1n) is 10.9. The van der Waals surface area contributed by atoms with E-state index in [-0.39, 0.29) is 29.5 Å². The third-order valence-electron chi connectivity index (χ3n) is 5.36. The lowest BCUT2D eigenvalue weighted by Gasteiger charge is -2.35. The first-order valence-corrected chi connectivity index (χ1v) is 10.9. The van der Waals surface area contributed by atoms with Crippen molar-refractivity contribution in [3.8, 4) is 0 Å². The topological polar surface area (TPSA) is 163 Å². The average molecular weight is 498 g/mol. The van der Waals surface area contributed by atoms with Crippen LogP contribution in [0.3, 0.4) is 0 Å². The number of hydrogen-bond acceptors (Lipinski definition) is 8. The molecule has 0 saturated carbocycles. The Balaban J connectivity index is 1.94. The number of benzene rings is 2. The van der Waals surface area contributed by atoms with Crippen LogP contribution in [-0.2, 0) is 15.1 Å². The summed E-state index contributed by atoms with van der Waals surface area (Å²) in [5.74, 6) is -1.53. The van der Waals surface area contributed by atoms with Gasteiger partial charge in [-0.1, -0.05) is 12.1 Å². The molecule has 0 aromatic heterocycles. The molecule has 1 aliphatic rings. The van der Waals surface area contributed by atoms with Crippen molar-refractivity contribution in [2.75, 3.05) is 12.4 Å². The molecule has 0 radical (unpaired) electrons. The largest absolute Gasteiger partial charge is 0.478 e. The highest BCUT2D eigenvalue weighted by atomic mass is 16.6. The van der Waals surface area contributed by atoms with E-state index >= 15 is 0 Å². The van der Waals surface area contributed by atoms with E-state index in [9.17, 15) is 24.5 Å². The van der Waals surface area contributed by atoms with E-state index in [1.807, 2.05) is 0 Å². The standard InChI is InChI=1S/C24H27N5O7/c1-23(2,3)36-22(33)26-21-27-24(4,13-19(30)28(21)5)15-7-6-8-16(12-15)25-17-10-9-14(20(31)32)11-18(17)29(34)35/h6-12,25H,13H2,1-5H3,(H,31,32)(H,26,27,33)/t24-/m0/s1. The Morgan fingerprint density at radius 1 is 1.22 bits per heavy atom. The van der Waals surface area contributed by atoms with Gasteiger partial charge in [-0.25, -0.2) is 14.6 Å². The zero-order valence-electron chi connectivity index (χ0n) is 20.5. The molecular weight excluding hydrogens is 470 g/mol. The molecule has 0 aliphatic carbocycles. The maximum Gasteiger partial charge on any atom is 0.414 e. The number of aliphatic imine (C=N–C) groups is 1. The van der Waals surface area contributed by atoms with E-state index in [1.54, 1.807) is 52.0 Å². The number of ether oxygens (including phenoxy) is 1. The number of carbonyl (C=O) groups is 3. The van der Waals surface area contributed by atoms with Gasteiger partial charge in [-0.15, -0.1) is 0 Å². The Kier molecular flexibility index (Phi) is 7.00. The molecule has 2 amide bonds. The molecule has 2 aromatic carbocycles. The van der Waals surface area contributed by atoms with E-state index in [4.69, 9.17) is 9.84 Å². The van der Waals surface area contributed by atoms with Gasteiger partial charge in [-0.2, -0.15) is 0 Å². The molecule has 3 rings (SSSR count). The maximum atomic E-state index is 12.8. The normalized spacial score (nSPS) is 17.8. The lowest BCUT2D eigenvalue weighted by molar-refractivity contribution is -0.383. The van der Waals surface area contributed by atoms with Gasteiger partial charge in [0, 0.05) is 18.8 Å². The van der Waals surface area contributed by atoms with Gasteiger partial charge in [0.05, 0.1) is 22.4 Å². The number of hydrogen-bond donors (Lipinski definition) is 3. The van der Waals surface area contributed by atoms with E-state index in [0.717, 1.165) is 6.07 Å². The Morgan fingerprint density at radius 3 is 2.53 bits per heavy atom. The zero-order chi connectivity index (χ0) is 26.8. The SMILES string of the molecule is CN1C(=O)C[C@@](C)(c2cccc(Nc3ccc(C(=O)O)cc3[N+](=O)[O-])c2)N=C1NC(=O)OC(C)(C)C. The smallest absolute Gasteiger partial charge is 0.414 e. The summed E-state index contributed by atoms with van der Waals surface area (Å²) in [6.45, 7) is 6.88. The highest BCUT2D eigenvalue weighted by Gasteiger charge is 2.38. The third kappa shape index (κ3) is 5.95. The number of nitrogens with zero attached hydrogens (tertiary/aromatic N) is 3. The van der Waals surface area contributed by atoms with E-state index < -0.39 is 33.8 Å². The number of carbonyl (C=O) groups excluding carboxylic acids is 2. The molecule has 190 valence electrons. The summed E-state index contributed by atoms with van der Waals surface area (Å²) >= 11 is 0. The van der Waals surface area contributed by atoms with Crippen LogP contribution in [-0.4, -0.2) is 51.5 Å². The van der Waals surface area contributed by atoms with Crippen LogP contribution in [0.2, 0.25) is 0 Å². The number of nitrogens with one attached hydrogen (secondary N) is 2. The number of carboxylic acid groups (broad SMARTS) is 1. The molecule has 0 saturated heterocycles. The van der Waals surface area contributed by atoms with Gasteiger partial charge in [0.15, 0.2) is 0 Å². The maximum absolute atomic E-state index is 12.8. The van der Waals surface area contributed by atoms with Crippen molar-refractivity contribution in [3.63, 3.8) is 0 Å². The van der Waals surface area contributed by atoms with Crippen molar-refractivity contribution in [1.29, 1.82) is 0 Å². The summed E-state index contributed by atoms with van der Waals surface area (Å²) in [7, 11) is 1.50. The van der Waals surface area contributed by atoms with E-state index in [2.05, 4.69) is 15.6 Å². The number of aromatic carboxylic acids is 1. The second-order valence-electron chi connectivity index (χ2n) is 9.47. The molecule has 0 fully saturated rings. The summed E-state index contributed by atoms with van der Waals surface area (Å²) in [6, 6.07) is 10.3. The number of carboxylic acids is 1. The number of nitro benzene ring substituents is 1. The Labute approximate surface area is 207 Å². The molecule has 12 nitrogen and oxygen atoms in total. The zero-order valence-corrected chi connectivity index (χ0v) is 20.5. The highest BCUT2D eigenvalue weighted by molar-refractivity contribution is 6.05. The van der Waals surface area contributed by atoms with Gasteiger partial charge in [-0.3, -0.25) is 25.1 Å². The minimum atomic E-state index is -1.28. The average Bonchev–Trinajstić information content (AvgIpc) is 2.76. The minimum Gasteiger partial charge on any atom is -0.478 e. The molecule has 0 spiro atoms. The monoisotopic (exact) mass is 497 g/mol. The predicted octanol–water partition coefficient (Wildman–Crippen LogP) is 3.99. The quantitative estimate of drug-likeness (QED) is 0.412. The lowest BCUT2D eigenvalue weighted by Crippen LogP contribution is -2.52. The summed E-state index contributed by atoms with van der Waals surface area (Å²) in [6.07, 6.45) is -0.738. The van der Waals surface area contributed by atoms with Gasteiger partial charge in [-0.05, 0) is 57.5 Å². The number of alkyl carbamates (subject to hydrolysis) is 1. The third-order valence-corrected chi connectivity index (χ3v) is 5.36. The number of nitro groups is 1. The minimum absolute atomic E-state index is 0.0138. The van der Waals surface area contributed by atoms with Crippen LogP contribution in [0.4, 0.5) is 21.9 Å². The Bertz CT molecular complexity index is 1270. The first kappa shape index (κ1) is 26.1. The number of guanidine groups is 1. The van der Waals surface area contributed by atoms with Crippen molar-refractivity contribution in [2.45, 2.75) is 45.3 Å². The molecule has 1 atom stereocenters. The molecule has 0 unspecified atom stereocenters. The number of amides is 2. The van der Waals surface area contributed by atoms with Crippen LogP contribution >= 0.6 is 0 Å². The van der Waals surface area contributed by atoms with Crippen molar-refractivity contribution >= 4 is 41.0 Å². The van der Waals surface area contributed by atoms with Crippen LogP contribution in [0.15, 0.2) is 47.5 Å². The number of anilines is 2. The first-order chi connectivity index (χ1) is 16.7. The molecule has 1 aliphatic heterocycles. The lowest BCUT2D eigenvalue weighted by atomic mass is 9.87. The van der Waals surface area contributed by atoms with E-state index in [1.165, 1.54) is 24.1 Å². The Morgan fingerprint density at radius 2 is 1.92 bits per heavy atom. The van der Waals surface area contributed by atoms with Crippen molar-refractivity contribution in [3.05, 3.63) is 63.7 Å². The number of rotatable bonds is 5. The molecule has 12 heteroatoms. The fraction of sp³-hybridized carbons (Fsp3) is 0.333. The molecule has 3 N–H and O–H groups in total. The molecule has 36 heavy (non-hydrogen) atoms. The summed E-state index contributed by atoms with van der Waals surface area (Å²) in [5.41, 5.74) is -1.23.